The van der Waals surface area contributed by atoms with Gasteiger partial charge in [0.1, 0.15) is 0 Å². The second-order valence-corrected chi connectivity index (χ2v) is 3.04. The lowest BCUT2D eigenvalue weighted by atomic mass is 9.82. The van der Waals surface area contributed by atoms with Crippen LogP contribution in [0.3, 0.4) is 0 Å². The van der Waals surface area contributed by atoms with Gasteiger partial charge in [0.05, 0.1) is 11.5 Å². The molecule has 0 aromatic rings. The fourth-order valence-corrected chi connectivity index (χ4v) is 1.76. The molecule has 2 aliphatic carbocycles. The Balaban J connectivity index is 2.12. The van der Waals surface area contributed by atoms with Crippen molar-refractivity contribution in [2.75, 3.05) is 0 Å². The normalized spacial score (nSPS) is 53.4. The van der Waals surface area contributed by atoms with E-state index in [9.17, 15) is 4.79 Å². The first-order valence-corrected chi connectivity index (χ1v) is 3.08. The predicted octanol–water partition coefficient (Wildman–Crippen LogP) is -0.158. The van der Waals surface area contributed by atoms with Crippen LogP contribution in [-0.2, 0) is 4.79 Å². The van der Waals surface area contributed by atoms with Crippen LogP contribution in [0.25, 0.3) is 0 Å². The molecule has 9 heavy (non-hydrogen) atoms. The SMILES string of the molecule is O=C(O)C12CC(O)C1C2. The Kier molecular flexibility index (Phi) is 0.662. The highest BCUT2D eigenvalue weighted by atomic mass is 16.4. The molecule has 0 heterocycles. The molecule has 2 saturated carbocycles. The van der Waals surface area contributed by atoms with Crippen molar-refractivity contribution in [2.24, 2.45) is 11.3 Å². The quantitative estimate of drug-likeness (QED) is 0.516. The van der Waals surface area contributed by atoms with E-state index >= 15 is 0 Å². The van der Waals surface area contributed by atoms with E-state index in [2.05, 4.69) is 0 Å². The predicted molar refractivity (Wildman–Crippen MR) is 28.8 cm³/mol. The van der Waals surface area contributed by atoms with Crippen LogP contribution in [0.2, 0.25) is 0 Å². The molecule has 0 aliphatic heterocycles. The highest BCUT2D eigenvalue weighted by Crippen LogP contribution is 2.67. The summed E-state index contributed by atoms with van der Waals surface area (Å²) in [7, 11) is 0. The lowest BCUT2D eigenvalue weighted by Crippen LogP contribution is -2.36. The van der Waals surface area contributed by atoms with Gasteiger partial charge in [-0.25, -0.2) is 0 Å². The largest absolute Gasteiger partial charge is 0.481 e. The molecule has 0 spiro atoms. The minimum atomic E-state index is -0.724. The van der Waals surface area contributed by atoms with Gasteiger partial charge in [-0.3, -0.25) is 4.79 Å². The van der Waals surface area contributed by atoms with Crippen LogP contribution in [0.15, 0.2) is 0 Å². The topological polar surface area (TPSA) is 57.5 Å². The Morgan fingerprint density at radius 2 is 2.22 bits per heavy atom. The van der Waals surface area contributed by atoms with E-state index in [1.165, 1.54) is 0 Å². The molecule has 3 atom stereocenters. The molecule has 0 bridgehead atoms. The summed E-state index contributed by atoms with van der Waals surface area (Å²) in [6, 6.07) is 0. The lowest BCUT2D eigenvalue weighted by molar-refractivity contribution is -0.150. The number of aliphatic hydroxyl groups excluding tert-OH is 1. The first kappa shape index (κ1) is 5.23. The molecule has 2 rings (SSSR count). The zero-order chi connectivity index (χ0) is 6.65. The first-order valence-electron chi connectivity index (χ1n) is 3.08. The van der Waals surface area contributed by atoms with E-state index in [0.29, 0.717) is 12.8 Å². The maximum absolute atomic E-state index is 10.4. The molecule has 3 nitrogen and oxygen atoms in total. The molecule has 2 N–H and O–H groups in total. The highest BCUT2D eigenvalue weighted by Gasteiger charge is 2.71. The van der Waals surface area contributed by atoms with Gasteiger partial charge in [-0.2, -0.15) is 0 Å². The molecule has 0 aromatic heterocycles. The smallest absolute Gasteiger partial charge is 0.310 e. The van der Waals surface area contributed by atoms with Crippen molar-refractivity contribution in [3.05, 3.63) is 0 Å². The molecular formula is C6H8O3. The molecular weight excluding hydrogens is 120 g/mol. The van der Waals surface area contributed by atoms with Crippen molar-refractivity contribution in [3.8, 4) is 0 Å². The molecule has 50 valence electrons. The summed E-state index contributed by atoms with van der Waals surface area (Å²) in [5.41, 5.74) is -0.473. The van der Waals surface area contributed by atoms with Gasteiger partial charge >= 0.3 is 5.97 Å². The highest BCUT2D eigenvalue weighted by molar-refractivity contribution is 5.80. The van der Waals surface area contributed by atoms with Crippen molar-refractivity contribution in [2.45, 2.75) is 18.9 Å². The third-order valence-corrected chi connectivity index (χ3v) is 2.60. The summed E-state index contributed by atoms with van der Waals surface area (Å²) in [5, 5.41) is 17.4. The molecule has 0 amide bonds. The summed E-state index contributed by atoms with van der Waals surface area (Å²) in [4.78, 5) is 10.4. The Morgan fingerprint density at radius 3 is 2.33 bits per heavy atom. The number of hydrogen-bond acceptors (Lipinski definition) is 2. The van der Waals surface area contributed by atoms with E-state index in [1.807, 2.05) is 0 Å². The van der Waals surface area contributed by atoms with Gasteiger partial charge in [0, 0.05) is 5.92 Å². The zero-order valence-electron chi connectivity index (χ0n) is 4.87. The third kappa shape index (κ3) is 0.399. The van der Waals surface area contributed by atoms with Crippen LogP contribution in [-0.4, -0.2) is 22.3 Å². The Bertz CT molecular complexity index is 177. The van der Waals surface area contributed by atoms with Crippen LogP contribution < -0.4 is 0 Å². The van der Waals surface area contributed by atoms with Crippen molar-refractivity contribution < 1.29 is 15.0 Å². The van der Waals surface area contributed by atoms with Gasteiger partial charge < -0.3 is 10.2 Å². The molecule has 0 saturated heterocycles. The summed E-state index contributed by atoms with van der Waals surface area (Å²) in [5.74, 6) is -0.632. The van der Waals surface area contributed by atoms with Crippen molar-refractivity contribution in [1.29, 1.82) is 0 Å². The number of fused-ring (bicyclic) bond motifs is 1. The van der Waals surface area contributed by atoms with E-state index in [-0.39, 0.29) is 12.0 Å². The molecule has 0 radical (unpaired) electrons. The second kappa shape index (κ2) is 1.14. The van der Waals surface area contributed by atoms with Gasteiger partial charge in [-0.1, -0.05) is 0 Å². The molecule has 2 fully saturated rings. The average Bonchev–Trinajstić information content (AvgIpc) is 2.36. The minimum absolute atomic E-state index is 0.0926. The van der Waals surface area contributed by atoms with Crippen molar-refractivity contribution in [1.82, 2.24) is 0 Å². The monoisotopic (exact) mass is 128 g/mol. The number of aliphatic carboxylic acids is 1. The van der Waals surface area contributed by atoms with E-state index in [0.717, 1.165) is 0 Å². The number of rotatable bonds is 1. The van der Waals surface area contributed by atoms with Gasteiger partial charge in [-0.15, -0.1) is 0 Å². The van der Waals surface area contributed by atoms with Crippen molar-refractivity contribution in [3.63, 3.8) is 0 Å². The summed E-state index contributed by atoms with van der Waals surface area (Å²) in [6.45, 7) is 0. The minimum Gasteiger partial charge on any atom is -0.481 e. The standard InChI is InChI=1S/C6H8O3/c7-4-2-6(5(8)9)1-3(4)6/h3-4,7H,1-2H2,(H,8,9). The van der Waals surface area contributed by atoms with Crippen LogP contribution >= 0.6 is 0 Å². The Labute approximate surface area is 52.3 Å². The maximum atomic E-state index is 10.4. The molecule has 3 heteroatoms. The number of carbonyl (C=O) groups is 1. The maximum Gasteiger partial charge on any atom is 0.310 e. The molecule has 3 unspecified atom stereocenters. The fraction of sp³-hybridized carbons (Fsp3) is 0.833. The third-order valence-electron chi connectivity index (χ3n) is 2.60. The first-order chi connectivity index (χ1) is 4.17. The number of carboxylic acids is 1. The second-order valence-electron chi connectivity index (χ2n) is 3.04. The van der Waals surface area contributed by atoms with E-state index in [4.69, 9.17) is 10.2 Å². The summed E-state index contributed by atoms with van der Waals surface area (Å²) in [6.07, 6.45) is 0.859. The number of aliphatic hydroxyl groups is 1. The van der Waals surface area contributed by atoms with Crippen molar-refractivity contribution >= 4 is 5.97 Å². The number of hydrogen-bond donors (Lipinski definition) is 2. The lowest BCUT2D eigenvalue weighted by Gasteiger charge is -2.26. The van der Waals surface area contributed by atoms with E-state index in [1.54, 1.807) is 0 Å². The van der Waals surface area contributed by atoms with Crippen LogP contribution in [0.5, 0.6) is 0 Å². The number of carboxylic acid groups (broad SMARTS) is 1. The van der Waals surface area contributed by atoms with Crippen LogP contribution in [0, 0.1) is 11.3 Å². The van der Waals surface area contributed by atoms with Crippen LogP contribution in [0.1, 0.15) is 12.8 Å². The van der Waals surface area contributed by atoms with Gasteiger partial charge in [0.15, 0.2) is 0 Å². The summed E-state index contributed by atoms with van der Waals surface area (Å²) >= 11 is 0. The van der Waals surface area contributed by atoms with Gasteiger partial charge in [0.25, 0.3) is 0 Å². The van der Waals surface area contributed by atoms with E-state index < -0.39 is 11.4 Å². The van der Waals surface area contributed by atoms with Gasteiger partial charge in [0.2, 0.25) is 0 Å². The van der Waals surface area contributed by atoms with Gasteiger partial charge in [-0.05, 0) is 12.8 Å². The Hall–Kier alpha value is -0.570. The molecule has 0 aromatic carbocycles. The molecule has 2 aliphatic rings. The fourth-order valence-electron chi connectivity index (χ4n) is 1.76. The van der Waals surface area contributed by atoms with Crippen LogP contribution in [0.4, 0.5) is 0 Å². The average molecular weight is 128 g/mol. The Morgan fingerprint density at radius 1 is 1.56 bits per heavy atom. The zero-order valence-corrected chi connectivity index (χ0v) is 4.87. The summed E-state index contributed by atoms with van der Waals surface area (Å²) < 4.78 is 0.